The molecule has 1 fully saturated rings. The molecule has 5 rings (SSSR count). The third kappa shape index (κ3) is 3.22. The molecule has 9 heteroatoms. The Labute approximate surface area is 167 Å². The molecular formula is C20H22N6O3. The third-order valence-corrected chi connectivity index (χ3v) is 5.78. The number of H-pyrrole nitrogens is 1. The van der Waals surface area contributed by atoms with Crippen molar-refractivity contribution >= 4 is 23.1 Å². The maximum absolute atomic E-state index is 11.4. The molecule has 150 valence electrons. The van der Waals surface area contributed by atoms with Crippen LogP contribution in [0.3, 0.4) is 0 Å². The minimum atomic E-state index is -0.889. The van der Waals surface area contributed by atoms with Crippen molar-refractivity contribution in [1.29, 1.82) is 0 Å². The zero-order chi connectivity index (χ0) is 19.8. The number of carboxylic acid groups (broad SMARTS) is 1. The lowest BCUT2D eigenvalue weighted by atomic mass is 9.99. The lowest BCUT2D eigenvalue weighted by molar-refractivity contribution is 0.139. The Bertz CT molecular complexity index is 1050. The number of ether oxygens (including phenoxy) is 1. The largest absolute Gasteiger partial charge is 0.491 e. The summed E-state index contributed by atoms with van der Waals surface area (Å²) in [6.07, 6.45) is 5.08. The van der Waals surface area contributed by atoms with E-state index in [4.69, 9.17) is 4.74 Å². The van der Waals surface area contributed by atoms with E-state index in [9.17, 15) is 9.90 Å². The van der Waals surface area contributed by atoms with Crippen molar-refractivity contribution in [3.63, 3.8) is 0 Å². The van der Waals surface area contributed by atoms with E-state index in [1.807, 2.05) is 12.1 Å². The molecule has 2 aliphatic rings. The minimum absolute atomic E-state index is 0.187. The van der Waals surface area contributed by atoms with Gasteiger partial charge in [0, 0.05) is 18.7 Å². The van der Waals surface area contributed by atoms with Crippen LogP contribution < -0.4 is 9.64 Å². The molecule has 2 N–H and O–H groups in total. The summed E-state index contributed by atoms with van der Waals surface area (Å²) in [4.78, 5) is 31.1. The summed E-state index contributed by atoms with van der Waals surface area (Å²) in [6.45, 7) is 2.31. The molecule has 1 saturated heterocycles. The second-order valence-electron chi connectivity index (χ2n) is 7.45. The van der Waals surface area contributed by atoms with E-state index in [2.05, 4.69) is 30.9 Å². The first-order valence-electron chi connectivity index (χ1n) is 9.83. The van der Waals surface area contributed by atoms with Gasteiger partial charge in [0.15, 0.2) is 11.5 Å². The number of nitrogens with zero attached hydrogens (tertiary/aromatic N) is 5. The predicted octanol–water partition coefficient (Wildman–Crippen LogP) is 2.44. The van der Waals surface area contributed by atoms with Gasteiger partial charge in [0.25, 0.3) is 0 Å². The Kier molecular flexibility index (Phi) is 4.42. The first kappa shape index (κ1) is 17.7. The highest BCUT2D eigenvalue weighted by molar-refractivity contribution is 5.83. The van der Waals surface area contributed by atoms with Crippen LogP contribution in [0.5, 0.6) is 5.75 Å². The summed E-state index contributed by atoms with van der Waals surface area (Å²) in [6, 6.07) is 6.15. The Balaban J connectivity index is 1.35. The van der Waals surface area contributed by atoms with Crippen LogP contribution in [0.2, 0.25) is 0 Å². The molecule has 1 atom stereocenters. The van der Waals surface area contributed by atoms with Crippen LogP contribution in [0, 0.1) is 0 Å². The predicted molar refractivity (Wildman–Crippen MR) is 106 cm³/mol. The highest BCUT2D eigenvalue weighted by Crippen LogP contribution is 2.31. The average molecular weight is 394 g/mol. The van der Waals surface area contributed by atoms with Gasteiger partial charge in [-0.1, -0.05) is 12.1 Å². The van der Waals surface area contributed by atoms with Gasteiger partial charge in [0.2, 0.25) is 0 Å². The second-order valence-corrected chi connectivity index (χ2v) is 7.45. The first-order chi connectivity index (χ1) is 14.2. The van der Waals surface area contributed by atoms with Gasteiger partial charge in [0.05, 0.1) is 18.9 Å². The van der Waals surface area contributed by atoms with Crippen LogP contribution in [-0.4, -0.2) is 61.8 Å². The number of imidazole rings is 1. The lowest BCUT2D eigenvalue weighted by Crippen LogP contribution is -2.36. The molecule has 0 saturated carbocycles. The van der Waals surface area contributed by atoms with E-state index in [0.29, 0.717) is 31.8 Å². The van der Waals surface area contributed by atoms with E-state index in [1.54, 1.807) is 12.7 Å². The lowest BCUT2D eigenvalue weighted by Gasteiger charge is -2.29. The maximum atomic E-state index is 11.4. The second kappa shape index (κ2) is 7.23. The Morgan fingerprint density at radius 1 is 1.28 bits per heavy atom. The Morgan fingerprint density at radius 3 is 3.10 bits per heavy atom. The molecule has 0 aliphatic carbocycles. The molecule has 2 aromatic heterocycles. The van der Waals surface area contributed by atoms with Gasteiger partial charge in [-0.05, 0) is 30.9 Å². The highest BCUT2D eigenvalue weighted by Gasteiger charge is 2.29. The summed E-state index contributed by atoms with van der Waals surface area (Å²) in [5, 5.41) is 9.35. The molecule has 4 heterocycles. The molecule has 2 aliphatic heterocycles. The molecular weight excluding hydrogens is 372 g/mol. The van der Waals surface area contributed by atoms with Crippen LogP contribution in [0.15, 0.2) is 30.9 Å². The number of anilines is 1. The molecule has 29 heavy (non-hydrogen) atoms. The summed E-state index contributed by atoms with van der Waals surface area (Å²) in [5.74, 6) is 1.63. The highest BCUT2D eigenvalue weighted by atomic mass is 16.5. The van der Waals surface area contributed by atoms with Crippen molar-refractivity contribution in [3.05, 3.63) is 42.0 Å². The van der Waals surface area contributed by atoms with Crippen LogP contribution in [0.4, 0.5) is 10.6 Å². The fourth-order valence-electron chi connectivity index (χ4n) is 4.29. The van der Waals surface area contributed by atoms with Crippen molar-refractivity contribution in [2.75, 3.05) is 24.6 Å². The van der Waals surface area contributed by atoms with Crippen LogP contribution >= 0.6 is 0 Å². The molecule has 1 amide bonds. The zero-order valence-corrected chi connectivity index (χ0v) is 15.9. The summed E-state index contributed by atoms with van der Waals surface area (Å²) >= 11 is 0. The fraction of sp³-hybridized carbons (Fsp3) is 0.400. The van der Waals surface area contributed by atoms with Gasteiger partial charge in [-0.15, -0.1) is 0 Å². The third-order valence-electron chi connectivity index (χ3n) is 5.78. The van der Waals surface area contributed by atoms with E-state index in [0.717, 1.165) is 42.0 Å². The Morgan fingerprint density at radius 2 is 2.21 bits per heavy atom. The smallest absolute Gasteiger partial charge is 0.407 e. The number of benzene rings is 1. The summed E-state index contributed by atoms with van der Waals surface area (Å²) in [7, 11) is 0. The molecule has 0 radical (unpaired) electrons. The zero-order valence-electron chi connectivity index (χ0n) is 15.9. The molecule has 1 aromatic carbocycles. The van der Waals surface area contributed by atoms with E-state index >= 15 is 0 Å². The number of amides is 1. The first-order valence-corrected chi connectivity index (χ1v) is 9.83. The summed E-state index contributed by atoms with van der Waals surface area (Å²) in [5.41, 5.74) is 3.64. The number of nitrogens with one attached hydrogen (secondary N) is 1. The van der Waals surface area contributed by atoms with Crippen molar-refractivity contribution in [2.45, 2.75) is 31.8 Å². The van der Waals surface area contributed by atoms with Crippen LogP contribution in [-0.2, 0) is 13.0 Å². The van der Waals surface area contributed by atoms with Crippen molar-refractivity contribution in [1.82, 2.24) is 24.8 Å². The maximum Gasteiger partial charge on any atom is 0.407 e. The number of carbonyl (C=O) groups is 1. The van der Waals surface area contributed by atoms with E-state index < -0.39 is 6.09 Å². The van der Waals surface area contributed by atoms with Gasteiger partial charge < -0.3 is 24.6 Å². The fourth-order valence-corrected chi connectivity index (χ4v) is 4.29. The van der Waals surface area contributed by atoms with Gasteiger partial charge in [0.1, 0.15) is 24.2 Å². The van der Waals surface area contributed by atoms with Crippen LogP contribution in [0.1, 0.15) is 24.0 Å². The number of rotatable bonds is 4. The van der Waals surface area contributed by atoms with Crippen molar-refractivity contribution < 1.29 is 14.6 Å². The number of fused-ring (bicyclic) bond motifs is 2. The normalized spacial score (nSPS) is 18.8. The SMILES string of the molecule is O=C(O)N1CCc2cccc(OC[C@H]3CCCN3c3ncnc4nc[nH]c34)c2C1. The molecule has 9 nitrogen and oxygen atoms in total. The molecule has 0 spiro atoms. The molecule has 0 bridgehead atoms. The number of hydrogen-bond acceptors (Lipinski definition) is 6. The van der Waals surface area contributed by atoms with Gasteiger partial charge in [-0.2, -0.15) is 0 Å². The van der Waals surface area contributed by atoms with Crippen LogP contribution in [0.25, 0.3) is 11.2 Å². The van der Waals surface area contributed by atoms with E-state index in [-0.39, 0.29) is 6.04 Å². The quantitative estimate of drug-likeness (QED) is 0.700. The standard InChI is InChI=1S/C20H22N6O3/c27-20(28)25-8-6-13-3-1-5-16(15(13)9-25)29-10-14-4-2-7-26(14)19-17-18(22-11-21-17)23-12-24-19/h1,3,5,11-12,14H,2,4,6-10H2,(H,27,28)(H,21,22,23,24)/t14-/m1/s1. The number of aromatic amines is 1. The topological polar surface area (TPSA) is 107 Å². The average Bonchev–Trinajstić information content (AvgIpc) is 3.40. The monoisotopic (exact) mass is 394 g/mol. The van der Waals surface area contributed by atoms with Gasteiger partial charge >= 0.3 is 6.09 Å². The van der Waals surface area contributed by atoms with Crippen molar-refractivity contribution in [3.8, 4) is 5.75 Å². The molecule has 3 aromatic rings. The number of hydrogen-bond donors (Lipinski definition) is 2. The summed E-state index contributed by atoms with van der Waals surface area (Å²) < 4.78 is 6.23. The minimum Gasteiger partial charge on any atom is -0.491 e. The Hall–Kier alpha value is -3.36. The van der Waals surface area contributed by atoms with Gasteiger partial charge in [-0.3, -0.25) is 0 Å². The molecule has 0 unspecified atom stereocenters. The van der Waals surface area contributed by atoms with Gasteiger partial charge in [-0.25, -0.2) is 19.7 Å². The number of aromatic nitrogens is 4. The van der Waals surface area contributed by atoms with E-state index in [1.165, 1.54) is 10.5 Å². The van der Waals surface area contributed by atoms with Crippen molar-refractivity contribution in [2.24, 2.45) is 0 Å².